The van der Waals surface area contributed by atoms with Crippen molar-refractivity contribution < 1.29 is 33.2 Å². The van der Waals surface area contributed by atoms with E-state index < -0.39 is 0 Å². The maximum atomic E-state index is 5.54. The molecule has 0 spiro atoms. The number of rotatable bonds is 22. The van der Waals surface area contributed by atoms with E-state index in [0.29, 0.717) is 92.5 Å². The molecule has 0 amide bonds. The van der Waals surface area contributed by atoms with Gasteiger partial charge in [-0.15, -0.1) is 0 Å². The summed E-state index contributed by atoms with van der Waals surface area (Å²) in [5.74, 6) is 0. The van der Waals surface area contributed by atoms with E-state index in [1.807, 2.05) is 30.3 Å². The summed E-state index contributed by atoms with van der Waals surface area (Å²) in [5, 5.41) is 0.847. The molecule has 0 aromatic heterocycles. The summed E-state index contributed by atoms with van der Waals surface area (Å²) in [5.41, 5.74) is 1.17. The molecule has 0 aliphatic rings. The van der Waals surface area contributed by atoms with Gasteiger partial charge in [-0.3, -0.25) is 0 Å². The van der Waals surface area contributed by atoms with Crippen LogP contribution in [0, 0.1) is 0 Å². The molecule has 1 aromatic carbocycles. The zero-order valence-corrected chi connectivity index (χ0v) is 18.8. The van der Waals surface area contributed by atoms with Crippen molar-refractivity contribution in [1.29, 1.82) is 0 Å². The van der Waals surface area contributed by atoms with Crippen molar-refractivity contribution in [3.8, 4) is 0 Å². The molecule has 0 fully saturated rings. The summed E-state index contributed by atoms with van der Waals surface area (Å²) in [6.07, 6.45) is 0. The normalized spacial score (nSPS) is 11.2. The lowest BCUT2D eigenvalue weighted by atomic mass is 10.2. The fourth-order valence-corrected chi connectivity index (χ4v) is 2.37. The van der Waals surface area contributed by atoms with Gasteiger partial charge >= 0.3 is 0 Å². The van der Waals surface area contributed by atoms with Crippen LogP contribution >= 0.6 is 15.9 Å². The van der Waals surface area contributed by atoms with Crippen LogP contribution in [0.2, 0.25) is 0 Å². The van der Waals surface area contributed by atoms with Crippen molar-refractivity contribution in [3.63, 3.8) is 0 Å². The zero-order chi connectivity index (χ0) is 20.7. The Morgan fingerprint density at radius 1 is 0.448 bits per heavy atom. The molecule has 168 valence electrons. The molecule has 29 heavy (non-hydrogen) atoms. The summed E-state index contributed by atoms with van der Waals surface area (Å²) in [4.78, 5) is 0. The Balaban J connectivity index is 1.66. The zero-order valence-electron chi connectivity index (χ0n) is 17.2. The molecular weight excluding hydrogens is 444 g/mol. The molecule has 0 aliphatic heterocycles. The van der Waals surface area contributed by atoms with Crippen molar-refractivity contribution in [2.75, 3.05) is 91.2 Å². The SMILES string of the molecule is BrCCOCCOCCOCCOCCOCCOCCOCc1ccccc1. The Bertz CT molecular complexity index is 436. The average molecular weight is 479 g/mol. The third-order valence-corrected chi connectivity index (χ3v) is 3.89. The second-order valence-electron chi connectivity index (χ2n) is 5.90. The van der Waals surface area contributed by atoms with Gasteiger partial charge in [-0.05, 0) is 5.56 Å². The van der Waals surface area contributed by atoms with Crippen molar-refractivity contribution in [3.05, 3.63) is 35.9 Å². The lowest BCUT2D eigenvalue weighted by Crippen LogP contribution is -2.14. The van der Waals surface area contributed by atoms with Crippen LogP contribution in [0.15, 0.2) is 30.3 Å². The van der Waals surface area contributed by atoms with E-state index in [4.69, 9.17) is 33.2 Å². The maximum Gasteiger partial charge on any atom is 0.0718 e. The fraction of sp³-hybridized carbons (Fsp3) is 0.714. The molecule has 1 aromatic rings. The van der Waals surface area contributed by atoms with E-state index in [2.05, 4.69) is 15.9 Å². The van der Waals surface area contributed by atoms with Crippen LogP contribution in [0.25, 0.3) is 0 Å². The molecule has 0 atom stereocenters. The standard InChI is InChI=1S/C21H35BrO7/c22-6-7-23-8-9-24-10-11-25-12-13-26-14-15-27-16-17-28-18-19-29-20-21-4-2-1-3-5-21/h1-5H,6-20H2. The third kappa shape index (κ3) is 19.1. The molecular formula is C21H35BrO7. The Kier molecular flexibility index (Phi) is 20.2. The molecule has 0 saturated heterocycles. The summed E-state index contributed by atoms with van der Waals surface area (Å²) in [6, 6.07) is 10.1. The van der Waals surface area contributed by atoms with E-state index in [-0.39, 0.29) is 0 Å². The van der Waals surface area contributed by atoms with Crippen molar-refractivity contribution >= 4 is 15.9 Å². The monoisotopic (exact) mass is 478 g/mol. The molecule has 0 N–H and O–H groups in total. The molecule has 0 saturated carbocycles. The molecule has 0 unspecified atom stereocenters. The van der Waals surface area contributed by atoms with Gasteiger partial charge in [-0.1, -0.05) is 46.3 Å². The van der Waals surface area contributed by atoms with Crippen molar-refractivity contribution in [1.82, 2.24) is 0 Å². The van der Waals surface area contributed by atoms with E-state index in [1.54, 1.807) is 0 Å². The number of hydrogen-bond donors (Lipinski definition) is 0. The first-order chi connectivity index (χ1) is 14.4. The summed E-state index contributed by atoms with van der Waals surface area (Å²) >= 11 is 3.30. The minimum atomic E-state index is 0.547. The predicted molar refractivity (Wildman–Crippen MR) is 115 cm³/mol. The van der Waals surface area contributed by atoms with Gasteiger partial charge in [0.2, 0.25) is 0 Å². The number of ether oxygens (including phenoxy) is 7. The number of alkyl halides is 1. The van der Waals surface area contributed by atoms with E-state index in [0.717, 1.165) is 5.33 Å². The smallest absolute Gasteiger partial charge is 0.0718 e. The quantitative estimate of drug-likeness (QED) is 0.187. The molecule has 0 radical (unpaired) electrons. The lowest BCUT2D eigenvalue weighted by molar-refractivity contribution is -0.0207. The van der Waals surface area contributed by atoms with Gasteiger partial charge in [0.25, 0.3) is 0 Å². The van der Waals surface area contributed by atoms with E-state index >= 15 is 0 Å². The average Bonchev–Trinajstić information content (AvgIpc) is 2.75. The van der Waals surface area contributed by atoms with Gasteiger partial charge in [-0.2, -0.15) is 0 Å². The van der Waals surface area contributed by atoms with Crippen LogP contribution in [0.1, 0.15) is 5.56 Å². The largest absolute Gasteiger partial charge is 0.378 e. The molecule has 7 nitrogen and oxygen atoms in total. The summed E-state index contributed by atoms with van der Waals surface area (Å²) in [7, 11) is 0. The Labute approximate surface area is 183 Å². The number of benzene rings is 1. The highest BCUT2D eigenvalue weighted by Gasteiger charge is 1.95. The van der Waals surface area contributed by atoms with Gasteiger partial charge in [-0.25, -0.2) is 0 Å². The first-order valence-corrected chi connectivity index (χ1v) is 11.2. The first kappa shape index (κ1) is 26.5. The van der Waals surface area contributed by atoms with Crippen LogP contribution in [0.3, 0.4) is 0 Å². The summed E-state index contributed by atoms with van der Waals surface area (Å²) < 4.78 is 37.9. The third-order valence-electron chi connectivity index (χ3n) is 3.57. The van der Waals surface area contributed by atoms with Crippen LogP contribution < -0.4 is 0 Å². The number of hydrogen-bond acceptors (Lipinski definition) is 7. The van der Waals surface area contributed by atoms with E-state index in [9.17, 15) is 0 Å². The van der Waals surface area contributed by atoms with Gasteiger partial charge in [0.1, 0.15) is 0 Å². The van der Waals surface area contributed by atoms with Gasteiger partial charge < -0.3 is 33.2 Å². The van der Waals surface area contributed by atoms with Crippen LogP contribution in [-0.2, 0) is 39.8 Å². The Morgan fingerprint density at radius 2 is 0.793 bits per heavy atom. The lowest BCUT2D eigenvalue weighted by Gasteiger charge is -2.08. The maximum absolute atomic E-state index is 5.54. The molecule has 0 aliphatic carbocycles. The van der Waals surface area contributed by atoms with Crippen LogP contribution in [0.5, 0.6) is 0 Å². The van der Waals surface area contributed by atoms with Gasteiger partial charge in [0.05, 0.1) is 92.5 Å². The van der Waals surface area contributed by atoms with Gasteiger partial charge in [0, 0.05) is 5.33 Å². The first-order valence-electron chi connectivity index (χ1n) is 10.1. The van der Waals surface area contributed by atoms with Crippen molar-refractivity contribution in [2.24, 2.45) is 0 Å². The van der Waals surface area contributed by atoms with Crippen LogP contribution in [0.4, 0.5) is 0 Å². The molecule has 1 rings (SSSR count). The predicted octanol–water partition coefficient (Wildman–Crippen LogP) is 2.70. The highest BCUT2D eigenvalue weighted by molar-refractivity contribution is 9.09. The van der Waals surface area contributed by atoms with Gasteiger partial charge in [0.15, 0.2) is 0 Å². The minimum Gasteiger partial charge on any atom is -0.378 e. The highest BCUT2D eigenvalue weighted by atomic mass is 79.9. The Hall–Kier alpha value is -0.580. The second-order valence-corrected chi connectivity index (χ2v) is 6.69. The second kappa shape index (κ2) is 22.1. The summed E-state index contributed by atoms with van der Waals surface area (Å²) in [6.45, 7) is 8.09. The van der Waals surface area contributed by atoms with Crippen LogP contribution in [-0.4, -0.2) is 91.2 Å². The topological polar surface area (TPSA) is 64.6 Å². The number of halogens is 1. The van der Waals surface area contributed by atoms with Crippen molar-refractivity contribution in [2.45, 2.75) is 6.61 Å². The minimum absolute atomic E-state index is 0.547. The fourth-order valence-electron chi connectivity index (χ4n) is 2.14. The molecule has 0 heterocycles. The molecule has 8 heteroatoms. The van der Waals surface area contributed by atoms with E-state index in [1.165, 1.54) is 5.56 Å². The molecule has 0 bridgehead atoms. The highest BCUT2D eigenvalue weighted by Crippen LogP contribution is 1.99. The Morgan fingerprint density at radius 3 is 1.17 bits per heavy atom.